The average molecular weight is 178 g/mol. The molecule has 0 fully saturated rings. The summed E-state index contributed by atoms with van der Waals surface area (Å²) in [6.07, 6.45) is 1.85. The molecule has 0 aliphatic heterocycles. The van der Waals surface area contributed by atoms with Crippen molar-refractivity contribution >= 4 is 11.6 Å². The van der Waals surface area contributed by atoms with Gasteiger partial charge in [-0.3, -0.25) is 0 Å². The molecule has 2 heterocycles. The maximum absolute atomic E-state index is 5.44. The topological polar surface area (TPSA) is 65.4 Å². The molecule has 5 heteroatoms. The molecule has 0 radical (unpaired) electrons. The summed E-state index contributed by atoms with van der Waals surface area (Å²) in [5.41, 5.74) is 7.23. The Hall–Kier alpha value is -1.62. The maximum Gasteiger partial charge on any atom is 0.240 e. The van der Waals surface area contributed by atoms with Gasteiger partial charge in [0.2, 0.25) is 5.95 Å². The predicted molar refractivity (Wildman–Crippen MR) is 48.1 cm³/mol. The van der Waals surface area contributed by atoms with Crippen molar-refractivity contribution < 1.29 is 4.74 Å². The van der Waals surface area contributed by atoms with Gasteiger partial charge in [-0.2, -0.15) is 4.98 Å². The fourth-order valence-electron chi connectivity index (χ4n) is 1.19. The molecule has 68 valence electrons. The van der Waals surface area contributed by atoms with Gasteiger partial charge in [-0.15, -0.1) is 5.10 Å². The van der Waals surface area contributed by atoms with Gasteiger partial charge < -0.3 is 10.5 Å². The zero-order valence-electron chi connectivity index (χ0n) is 7.27. The number of fused-ring (bicyclic) bond motifs is 1. The summed E-state index contributed by atoms with van der Waals surface area (Å²) >= 11 is 0. The summed E-state index contributed by atoms with van der Waals surface area (Å²) in [6.45, 7) is 0.565. The van der Waals surface area contributed by atoms with Gasteiger partial charge in [0.15, 0.2) is 5.65 Å². The Balaban J connectivity index is 2.48. The van der Waals surface area contributed by atoms with Gasteiger partial charge in [0.05, 0.1) is 6.61 Å². The smallest absolute Gasteiger partial charge is 0.240 e. The van der Waals surface area contributed by atoms with E-state index >= 15 is 0 Å². The molecule has 2 N–H and O–H groups in total. The van der Waals surface area contributed by atoms with Crippen LogP contribution in [0, 0.1) is 0 Å². The number of rotatable bonds is 2. The first-order valence-corrected chi connectivity index (χ1v) is 3.89. The summed E-state index contributed by atoms with van der Waals surface area (Å²) < 4.78 is 6.63. The molecular formula is C8H10N4O. The molecule has 2 aromatic rings. The van der Waals surface area contributed by atoms with Crippen molar-refractivity contribution in [3.63, 3.8) is 0 Å². The number of anilines is 1. The molecule has 0 aliphatic carbocycles. The monoisotopic (exact) mass is 178 g/mol. The Morgan fingerprint density at radius 1 is 1.54 bits per heavy atom. The van der Waals surface area contributed by atoms with E-state index in [1.165, 1.54) is 0 Å². The number of ether oxygens (including phenoxy) is 1. The molecule has 0 saturated heterocycles. The minimum Gasteiger partial charge on any atom is -0.380 e. The van der Waals surface area contributed by atoms with E-state index < -0.39 is 0 Å². The normalized spacial score (nSPS) is 10.8. The second-order valence-electron chi connectivity index (χ2n) is 2.74. The third-order valence-corrected chi connectivity index (χ3v) is 1.72. The largest absolute Gasteiger partial charge is 0.380 e. The predicted octanol–water partition coefficient (Wildman–Crippen LogP) is 0.458. The number of nitrogens with two attached hydrogens (primary N) is 1. The molecule has 2 aromatic heterocycles. The van der Waals surface area contributed by atoms with Crippen LogP contribution in [0.1, 0.15) is 5.56 Å². The lowest BCUT2D eigenvalue weighted by Crippen LogP contribution is -1.93. The summed E-state index contributed by atoms with van der Waals surface area (Å²) in [5.74, 6) is 0.287. The van der Waals surface area contributed by atoms with E-state index in [1.54, 1.807) is 11.6 Å². The molecule has 0 aromatic carbocycles. The van der Waals surface area contributed by atoms with Gasteiger partial charge in [0, 0.05) is 13.3 Å². The van der Waals surface area contributed by atoms with Crippen LogP contribution in [0.25, 0.3) is 5.65 Å². The van der Waals surface area contributed by atoms with Crippen molar-refractivity contribution in [2.75, 3.05) is 12.8 Å². The lowest BCUT2D eigenvalue weighted by atomic mass is 10.3. The van der Waals surface area contributed by atoms with Gasteiger partial charge >= 0.3 is 0 Å². The summed E-state index contributed by atoms with van der Waals surface area (Å²) in [5, 5.41) is 3.98. The van der Waals surface area contributed by atoms with E-state index in [-0.39, 0.29) is 5.95 Å². The first-order chi connectivity index (χ1) is 6.29. The Morgan fingerprint density at radius 2 is 2.38 bits per heavy atom. The summed E-state index contributed by atoms with van der Waals surface area (Å²) in [4.78, 5) is 4.00. The van der Waals surface area contributed by atoms with Crippen LogP contribution in [-0.4, -0.2) is 21.7 Å². The molecule has 0 bridgehead atoms. The van der Waals surface area contributed by atoms with Gasteiger partial charge in [0.1, 0.15) is 0 Å². The van der Waals surface area contributed by atoms with Gasteiger partial charge in [-0.1, -0.05) is 6.07 Å². The number of methoxy groups -OCH3 is 1. The quantitative estimate of drug-likeness (QED) is 0.725. The highest BCUT2D eigenvalue weighted by molar-refractivity contribution is 5.42. The maximum atomic E-state index is 5.44. The highest BCUT2D eigenvalue weighted by Gasteiger charge is 1.99. The van der Waals surface area contributed by atoms with Gasteiger partial charge in [-0.05, 0) is 11.6 Å². The number of hydrogen-bond acceptors (Lipinski definition) is 4. The minimum absolute atomic E-state index is 0.287. The van der Waals surface area contributed by atoms with Crippen molar-refractivity contribution in [3.8, 4) is 0 Å². The lowest BCUT2D eigenvalue weighted by molar-refractivity contribution is 0.184. The molecule has 0 atom stereocenters. The lowest BCUT2D eigenvalue weighted by Gasteiger charge is -1.98. The van der Waals surface area contributed by atoms with E-state index in [2.05, 4.69) is 10.1 Å². The van der Waals surface area contributed by atoms with Crippen LogP contribution in [0.5, 0.6) is 0 Å². The summed E-state index contributed by atoms with van der Waals surface area (Å²) in [6, 6.07) is 3.80. The van der Waals surface area contributed by atoms with E-state index in [1.807, 2.05) is 18.3 Å². The Morgan fingerprint density at radius 3 is 3.15 bits per heavy atom. The van der Waals surface area contributed by atoms with E-state index in [0.717, 1.165) is 11.2 Å². The Labute approximate surface area is 75.1 Å². The zero-order valence-corrected chi connectivity index (χ0v) is 7.27. The molecule has 0 saturated carbocycles. The van der Waals surface area contributed by atoms with Crippen LogP contribution in [0.2, 0.25) is 0 Å². The van der Waals surface area contributed by atoms with E-state index in [4.69, 9.17) is 10.5 Å². The van der Waals surface area contributed by atoms with Crippen molar-refractivity contribution in [2.24, 2.45) is 0 Å². The second-order valence-corrected chi connectivity index (χ2v) is 2.74. The van der Waals surface area contributed by atoms with Gasteiger partial charge in [0.25, 0.3) is 0 Å². The molecule has 0 aliphatic rings. The standard InChI is InChI=1S/C8H10N4O/c1-13-5-6-2-3-7-10-8(9)11-12(7)4-6/h2-4H,5H2,1H3,(H2,9,11). The van der Waals surface area contributed by atoms with Crippen LogP contribution in [0.4, 0.5) is 5.95 Å². The van der Waals surface area contributed by atoms with Crippen molar-refractivity contribution in [1.82, 2.24) is 14.6 Å². The highest BCUT2D eigenvalue weighted by atomic mass is 16.5. The molecule has 5 nitrogen and oxygen atoms in total. The van der Waals surface area contributed by atoms with Crippen LogP contribution in [0.15, 0.2) is 18.3 Å². The minimum atomic E-state index is 0.287. The number of aromatic nitrogens is 3. The van der Waals surface area contributed by atoms with Crippen LogP contribution >= 0.6 is 0 Å². The number of nitrogens with zero attached hydrogens (tertiary/aromatic N) is 3. The Kier molecular flexibility index (Phi) is 1.86. The number of hydrogen-bond donors (Lipinski definition) is 1. The number of nitrogen functional groups attached to an aromatic ring is 1. The molecule has 0 amide bonds. The molecule has 2 rings (SSSR count). The zero-order chi connectivity index (χ0) is 9.26. The number of pyridine rings is 1. The molecule has 0 unspecified atom stereocenters. The third kappa shape index (κ3) is 1.46. The van der Waals surface area contributed by atoms with Crippen LogP contribution < -0.4 is 5.73 Å². The first-order valence-electron chi connectivity index (χ1n) is 3.89. The molecule has 0 spiro atoms. The third-order valence-electron chi connectivity index (χ3n) is 1.72. The van der Waals surface area contributed by atoms with Crippen LogP contribution in [-0.2, 0) is 11.3 Å². The van der Waals surface area contributed by atoms with Crippen molar-refractivity contribution in [3.05, 3.63) is 23.9 Å². The van der Waals surface area contributed by atoms with E-state index in [0.29, 0.717) is 6.61 Å². The first kappa shape index (κ1) is 8.00. The van der Waals surface area contributed by atoms with Crippen molar-refractivity contribution in [1.29, 1.82) is 0 Å². The van der Waals surface area contributed by atoms with Crippen molar-refractivity contribution in [2.45, 2.75) is 6.61 Å². The fourth-order valence-corrected chi connectivity index (χ4v) is 1.19. The Bertz CT molecular complexity index is 423. The molecule has 13 heavy (non-hydrogen) atoms. The van der Waals surface area contributed by atoms with E-state index in [9.17, 15) is 0 Å². The fraction of sp³-hybridized carbons (Fsp3) is 0.250. The highest BCUT2D eigenvalue weighted by Crippen LogP contribution is 2.06. The average Bonchev–Trinajstić information content (AvgIpc) is 2.44. The molecular weight excluding hydrogens is 168 g/mol. The van der Waals surface area contributed by atoms with Crippen LogP contribution in [0.3, 0.4) is 0 Å². The van der Waals surface area contributed by atoms with Gasteiger partial charge in [-0.25, -0.2) is 4.52 Å². The summed E-state index contributed by atoms with van der Waals surface area (Å²) in [7, 11) is 1.65. The SMILES string of the molecule is COCc1ccc2nc(N)nn2c1. The second kappa shape index (κ2) is 3.02.